The molecule has 3 aromatic rings. The van der Waals surface area contributed by atoms with E-state index < -0.39 is 31.7 Å². The average Bonchev–Trinajstić information content (AvgIpc) is 2.47. The van der Waals surface area contributed by atoms with Crippen LogP contribution in [-0.2, 0) is 0 Å². The number of non-ortho nitro benzene ring substituents is 1. The van der Waals surface area contributed by atoms with E-state index in [0.29, 0.717) is 6.07 Å². The maximum atomic E-state index is 12.5. The second kappa shape index (κ2) is 4.92. The predicted octanol–water partition coefficient (Wildman–Crippen LogP) is 2.86. The van der Waals surface area contributed by atoms with E-state index in [1.165, 1.54) is 12.1 Å². The van der Waals surface area contributed by atoms with E-state index >= 15 is 0 Å². The fourth-order valence-electron chi connectivity index (χ4n) is 2.35. The van der Waals surface area contributed by atoms with Crippen LogP contribution in [0.5, 0.6) is 5.75 Å². The van der Waals surface area contributed by atoms with Crippen molar-refractivity contribution < 1.29 is 15.0 Å². The van der Waals surface area contributed by atoms with E-state index in [2.05, 4.69) is 4.98 Å². The van der Waals surface area contributed by atoms with Gasteiger partial charge in [0.25, 0.3) is 11.4 Å². The number of aromatic amines is 1. The van der Waals surface area contributed by atoms with Crippen LogP contribution in [0.15, 0.2) is 29.1 Å². The number of phenolic OH excluding ortho intramolecular Hbond substituents is 1. The molecule has 0 radical (unpaired) electrons. The predicted molar refractivity (Wildman–Crippen MR) is 82.1 cm³/mol. The minimum absolute atomic E-state index is 0.00851. The average molecular weight is 336 g/mol. The summed E-state index contributed by atoms with van der Waals surface area (Å²) in [6.07, 6.45) is 0. The summed E-state index contributed by atoms with van der Waals surface area (Å²) in [5.74, 6) is -0.196. The molecular weight excluding hydrogens is 330 g/mol. The van der Waals surface area contributed by atoms with Crippen molar-refractivity contribution in [3.05, 3.63) is 59.7 Å². The van der Waals surface area contributed by atoms with Gasteiger partial charge in [-0.2, -0.15) is 0 Å². The normalized spacial score (nSPS) is 11.0. The van der Waals surface area contributed by atoms with Crippen molar-refractivity contribution >= 4 is 44.8 Å². The Kier molecular flexibility index (Phi) is 3.15. The number of rotatable bonds is 2. The number of pyridine rings is 1. The Morgan fingerprint density at radius 2 is 1.74 bits per heavy atom. The van der Waals surface area contributed by atoms with E-state index in [1.807, 2.05) is 0 Å². The molecule has 116 valence electrons. The lowest BCUT2D eigenvalue weighted by Crippen LogP contribution is -2.08. The second-order valence-corrected chi connectivity index (χ2v) is 5.05. The van der Waals surface area contributed by atoms with Gasteiger partial charge in [0, 0.05) is 5.39 Å². The second-order valence-electron chi connectivity index (χ2n) is 4.68. The van der Waals surface area contributed by atoms with Gasteiger partial charge in [0.15, 0.2) is 5.43 Å². The molecule has 1 aromatic heterocycles. The topological polar surface area (TPSA) is 139 Å². The quantitative estimate of drug-likeness (QED) is 0.419. The highest BCUT2D eigenvalue weighted by molar-refractivity contribution is 6.38. The van der Waals surface area contributed by atoms with Crippen LogP contribution in [0.25, 0.3) is 21.8 Å². The lowest BCUT2D eigenvalue weighted by atomic mass is 10.1. The lowest BCUT2D eigenvalue weighted by molar-refractivity contribution is -0.393. The van der Waals surface area contributed by atoms with Crippen molar-refractivity contribution in [1.82, 2.24) is 4.98 Å². The molecule has 0 saturated heterocycles. The third kappa shape index (κ3) is 2.14. The molecule has 0 atom stereocenters. The van der Waals surface area contributed by atoms with Crippen molar-refractivity contribution in [3.8, 4) is 5.75 Å². The van der Waals surface area contributed by atoms with Gasteiger partial charge in [0.1, 0.15) is 16.3 Å². The molecule has 0 aliphatic rings. The number of halogens is 1. The van der Waals surface area contributed by atoms with Crippen molar-refractivity contribution in [2.75, 3.05) is 0 Å². The number of hydrogen-bond acceptors (Lipinski definition) is 6. The third-order valence-electron chi connectivity index (χ3n) is 3.35. The van der Waals surface area contributed by atoms with Gasteiger partial charge in [-0.25, -0.2) is 0 Å². The maximum Gasteiger partial charge on any atom is 0.300 e. The number of nitro groups is 2. The van der Waals surface area contributed by atoms with Crippen LogP contribution < -0.4 is 5.43 Å². The molecule has 0 fully saturated rings. The number of nitrogens with zero attached hydrogens (tertiary/aromatic N) is 2. The molecule has 0 spiro atoms. The number of nitrogens with one attached hydrogen (secondary N) is 1. The van der Waals surface area contributed by atoms with E-state index in [9.17, 15) is 30.1 Å². The largest absolute Gasteiger partial charge is 0.508 e. The Balaban J connectivity index is 2.65. The summed E-state index contributed by atoms with van der Waals surface area (Å²) in [5.41, 5.74) is -2.11. The molecule has 0 amide bonds. The standard InChI is InChI=1S/C13H6ClN3O6/c14-11-8(16(20)21)4-9(17(22)23)12-10(11)13(19)6-3-5(18)1-2-7(6)15-12/h1-4,18H,(H,15,19). The number of H-pyrrole nitrogens is 1. The summed E-state index contributed by atoms with van der Waals surface area (Å²) in [6.45, 7) is 0. The summed E-state index contributed by atoms with van der Waals surface area (Å²) in [6, 6.07) is 4.51. The summed E-state index contributed by atoms with van der Waals surface area (Å²) in [5, 5.41) is 30.8. The zero-order valence-corrected chi connectivity index (χ0v) is 11.8. The Morgan fingerprint density at radius 1 is 1.09 bits per heavy atom. The summed E-state index contributed by atoms with van der Waals surface area (Å²) in [7, 11) is 0. The van der Waals surface area contributed by atoms with Crippen LogP contribution >= 0.6 is 11.6 Å². The monoisotopic (exact) mass is 335 g/mol. The molecule has 23 heavy (non-hydrogen) atoms. The number of benzene rings is 2. The maximum absolute atomic E-state index is 12.5. The zero-order valence-electron chi connectivity index (χ0n) is 11.1. The Morgan fingerprint density at radius 3 is 2.35 bits per heavy atom. The highest BCUT2D eigenvalue weighted by Gasteiger charge is 2.27. The van der Waals surface area contributed by atoms with Gasteiger partial charge < -0.3 is 10.1 Å². The van der Waals surface area contributed by atoms with Crippen LogP contribution in [0.2, 0.25) is 5.02 Å². The SMILES string of the molecule is O=c1c2cc(O)ccc2[nH]c2c([N+](=O)[O-])cc([N+](=O)[O-])c(Cl)c12. The van der Waals surface area contributed by atoms with E-state index in [1.54, 1.807) is 0 Å². The van der Waals surface area contributed by atoms with Gasteiger partial charge in [0.05, 0.1) is 26.8 Å². The third-order valence-corrected chi connectivity index (χ3v) is 3.73. The summed E-state index contributed by atoms with van der Waals surface area (Å²) >= 11 is 5.91. The Bertz CT molecular complexity index is 1070. The fourth-order valence-corrected chi connectivity index (χ4v) is 2.65. The first-order valence-electron chi connectivity index (χ1n) is 6.11. The molecule has 9 nitrogen and oxygen atoms in total. The molecule has 2 N–H and O–H groups in total. The number of phenols is 1. The number of nitro benzene ring substituents is 2. The molecule has 10 heteroatoms. The first kappa shape index (κ1) is 14.7. The first-order valence-corrected chi connectivity index (χ1v) is 6.49. The molecule has 0 aliphatic heterocycles. The van der Waals surface area contributed by atoms with E-state index in [-0.39, 0.29) is 27.6 Å². The molecule has 1 heterocycles. The minimum Gasteiger partial charge on any atom is -0.508 e. The molecule has 3 rings (SSSR count). The molecule has 0 aliphatic carbocycles. The van der Waals surface area contributed by atoms with Crippen molar-refractivity contribution in [2.24, 2.45) is 0 Å². The zero-order chi connectivity index (χ0) is 16.9. The van der Waals surface area contributed by atoms with Gasteiger partial charge in [-0.3, -0.25) is 25.0 Å². The molecular formula is C13H6ClN3O6. The molecule has 0 saturated carbocycles. The van der Waals surface area contributed by atoms with Gasteiger partial charge in [-0.1, -0.05) is 11.6 Å². The van der Waals surface area contributed by atoms with Gasteiger partial charge in [-0.15, -0.1) is 0 Å². The Labute approximate surface area is 131 Å². The van der Waals surface area contributed by atoms with Gasteiger partial charge >= 0.3 is 0 Å². The highest BCUT2D eigenvalue weighted by atomic mass is 35.5. The number of hydrogen-bond donors (Lipinski definition) is 2. The molecule has 2 aromatic carbocycles. The summed E-state index contributed by atoms with van der Waals surface area (Å²) < 4.78 is 0. The number of aromatic nitrogens is 1. The first-order chi connectivity index (χ1) is 10.8. The van der Waals surface area contributed by atoms with Crippen LogP contribution in [0.4, 0.5) is 11.4 Å². The summed E-state index contributed by atoms with van der Waals surface area (Å²) in [4.78, 5) is 35.7. The lowest BCUT2D eigenvalue weighted by Gasteiger charge is -2.06. The van der Waals surface area contributed by atoms with Crippen LogP contribution in [0.3, 0.4) is 0 Å². The van der Waals surface area contributed by atoms with Crippen molar-refractivity contribution in [1.29, 1.82) is 0 Å². The minimum atomic E-state index is -0.902. The molecule has 0 unspecified atom stereocenters. The Hall–Kier alpha value is -3.20. The molecule has 0 bridgehead atoms. The van der Waals surface area contributed by atoms with Crippen LogP contribution in [0, 0.1) is 20.2 Å². The van der Waals surface area contributed by atoms with E-state index in [0.717, 1.165) is 6.07 Å². The highest BCUT2D eigenvalue weighted by Crippen LogP contribution is 2.37. The van der Waals surface area contributed by atoms with E-state index in [4.69, 9.17) is 11.6 Å². The van der Waals surface area contributed by atoms with Gasteiger partial charge in [0.2, 0.25) is 0 Å². The fraction of sp³-hybridized carbons (Fsp3) is 0. The van der Waals surface area contributed by atoms with Crippen molar-refractivity contribution in [2.45, 2.75) is 0 Å². The van der Waals surface area contributed by atoms with Gasteiger partial charge in [-0.05, 0) is 18.2 Å². The van der Waals surface area contributed by atoms with Crippen molar-refractivity contribution in [3.63, 3.8) is 0 Å². The number of fused-ring (bicyclic) bond motifs is 2. The van der Waals surface area contributed by atoms with Crippen LogP contribution in [0.1, 0.15) is 0 Å². The van der Waals surface area contributed by atoms with Crippen LogP contribution in [-0.4, -0.2) is 19.9 Å². The number of aromatic hydroxyl groups is 1. The smallest absolute Gasteiger partial charge is 0.300 e.